The van der Waals surface area contributed by atoms with Gasteiger partial charge < -0.3 is 4.74 Å². The molecule has 0 saturated carbocycles. The Morgan fingerprint density at radius 1 is 1.16 bits per heavy atom. The van der Waals surface area contributed by atoms with Crippen molar-refractivity contribution >= 4 is 29.3 Å². The smallest absolute Gasteiger partial charge is 0.337 e. The van der Waals surface area contributed by atoms with E-state index in [2.05, 4.69) is 4.74 Å². The second kappa shape index (κ2) is 6.13. The zero-order valence-corrected chi connectivity index (χ0v) is 12.2. The molecule has 2 rings (SSSR count). The van der Waals surface area contributed by atoms with Crippen LogP contribution in [-0.4, -0.2) is 13.1 Å². The van der Waals surface area contributed by atoms with Gasteiger partial charge in [0.25, 0.3) is 0 Å². The van der Waals surface area contributed by atoms with Crippen molar-refractivity contribution in [1.82, 2.24) is 0 Å². The van der Waals surface area contributed by atoms with E-state index in [1.165, 1.54) is 7.11 Å². The largest absolute Gasteiger partial charge is 0.465 e. The molecule has 0 amide bonds. The molecule has 0 N–H and O–H groups in total. The molecule has 0 radical (unpaired) electrons. The van der Waals surface area contributed by atoms with E-state index in [9.17, 15) is 4.79 Å². The number of methoxy groups -OCH3 is 1. The van der Waals surface area contributed by atoms with Crippen LogP contribution in [0.2, 0.25) is 5.02 Å². The number of halogens is 1. The summed E-state index contributed by atoms with van der Waals surface area (Å²) >= 11 is 7.57. The summed E-state index contributed by atoms with van der Waals surface area (Å²) in [6, 6.07) is 13.2. The summed E-state index contributed by atoms with van der Waals surface area (Å²) in [4.78, 5) is 13.5. The second-order valence-electron chi connectivity index (χ2n) is 4.03. The van der Waals surface area contributed by atoms with Crippen LogP contribution in [0.1, 0.15) is 15.9 Å². The standard InChI is InChI=1S/C15H13ClO2S/c1-10-9-12(16)5-8-14(10)19-13-6-3-11(4-7-13)15(17)18-2/h3-9H,1-2H3. The zero-order valence-electron chi connectivity index (χ0n) is 10.6. The highest BCUT2D eigenvalue weighted by molar-refractivity contribution is 7.99. The fourth-order valence-corrected chi connectivity index (χ4v) is 2.74. The minimum atomic E-state index is -0.320. The third-order valence-corrected chi connectivity index (χ3v) is 4.06. The van der Waals surface area contributed by atoms with E-state index in [1.807, 2.05) is 37.3 Å². The average molecular weight is 293 g/mol. The predicted molar refractivity (Wildman–Crippen MR) is 78.1 cm³/mol. The lowest BCUT2D eigenvalue weighted by molar-refractivity contribution is 0.0600. The van der Waals surface area contributed by atoms with Crippen molar-refractivity contribution in [2.24, 2.45) is 0 Å². The molecule has 2 nitrogen and oxygen atoms in total. The Labute approximate surface area is 121 Å². The van der Waals surface area contributed by atoms with Crippen LogP contribution < -0.4 is 0 Å². The number of benzene rings is 2. The first-order chi connectivity index (χ1) is 9.10. The molecular formula is C15H13ClO2S. The van der Waals surface area contributed by atoms with Crippen LogP contribution >= 0.6 is 23.4 Å². The number of hydrogen-bond acceptors (Lipinski definition) is 3. The van der Waals surface area contributed by atoms with Gasteiger partial charge in [0, 0.05) is 14.8 Å². The summed E-state index contributed by atoms with van der Waals surface area (Å²) < 4.78 is 4.67. The zero-order chi connectivity index (χ0) is 13.8. The van der Waals surface area contributed by atoms with Gasteiger partial charge >= 0.3 is 5.97 Å². The van der Waals surface area contributed by atoms with Gasteiger partial charge in [0.15, 0.2) is 0 Å². The Balaban J connectivity index is 2.17. The molecule has 0 aliphatic heterocycles. The van der Waals surface area contributed by atoms with Crippen molar-refractivity contribution < 1.29 is 9.53 Å². The van der Waals surface area contributed by atoms with E-state index in [0.29, 0.717) is 5.56 Å². The maximum Gasteiger partial charge on any atom is 0.337 e. The molecule has 4 heteroatoms. The van der Waals surface area contributed by atoms with Crippen LogP contribution in [0.4, 0.5) is 0 Å². The van der Waals surface area contributed by atoms with Gasteiger partial charge in [0.1, 0.15) is 0 Å². The molecule has 0 atom stereocenters. The van der Waals surface area contributed by atoms with Crippen molar-refractivity contribution in [3.63, 3.8) is 0 Å². The lowest BCUT2D eigenvalue weighted by Gasteiger charge is -2.06. The quantitative estimate of drug-likeness (QED) is 0.774. The van der Waals surface area contributed by atoms with E-state index in [0.717, 1.165) is 20.4 Å². The Hall–Kier alpha value is -1.45. The van der Waals surface area contributed by atoms with Gasteiger partial charge in [0.2, 0.25) is 0 Å². The molecule has 98 valence electrons. The number of aryl methyl sites for hydroxylation is 1. The number of carbonyl (C=O) groups excluding carboxylic acids is 1. The Bertz CT molecular complexity index is 594. The van der Waals surface area contributed by atoms with E-state index in [1.54, 1.807) is 23.9 Å². The summed E-state index contributed by atoms with van der Waals surface area (Å²) in [7, 11) is 1.38. The highest BCUT2D eigenvalue weighted by atomic mass is 35.5. The molecule has 19 heavy (non-hydrogen) atoms. The Morgan fingerprint density at radius 2 is 1.84 bits per heavy atom. The molecule has 0 unspecified atom stereocenters. The van der Waals surface area contributed by atoms with E-state index in [4.69, 9.17) is 11.6 Å². The fourth-order valence-electron chi connectivity index (χ4n) is 1.63. The van der Waals surface area contributed by atoms with Crippen LogP contribution in [0.15, 0.2) is 52.3 Å². The normalized spacial score (nSPS) is 10.3. The maximum absolute atomic E-state index is 11.3. The van der Waals surface area contributed by atoms with Crippen LogP contribution in [0.25, 0.3) is 0 Å². The summed E-state index contributed by atoms with van der Waals surface area (Å²) in [6.07, 6.45) is 0. The van der Waals surface area contributed by atoms with Gasteiger partial charge in [-0.15, -0.1) is 0 Å². The molecular weight excluding hydrogens is 280 g/mol. The number of esters is 1. The van der Waals surface area contributed by atoms with Crippen LogP contribution in [0.5, 0.6) is 0 Å². The maximum atomic E-state index is 11.3. The molecule has 0 aliphatic rings. The Kier molecular flexibility index (Phi) is 4.51. The lowest BCUT2D eigenvalue weighted by atomic mass is 10.2. The van der Waals surface area contributed by atoms with Gasteiger partial charge in [0.05, 0.1) is 12.7 Å². The predicted octanol–water partition coefficient (Wildman–Crippen LogP) is 4.59. The number of carbonyl (C=O) groups is 1. The summed E-state index contributed by atoms with van der Waals surface area (Å²) in [5.74, 6) is -0.320. The highest BCUT2D eigenvalue weighted by Gasteiger charge is 2.06. The molecule has 0 spiro atoms. The van der Waals surface area contributed by atoms with Crippen LogP contribution in [0, 0.1) is 6.92 Å². The van der Waals surface area contributed by atoms with E-state index < -0.39 is 0 Å². The molecule has 0 saturated heterocycles. The van der Waals surface area contributed by atoms with E-state index in [-0.39, 0.29) is 5.97 Å². The summed E-state index contributed by atoms with van der Waals surface area (Å²) in [6.45, 7) is 2.02. The lowest BCUT2D eigenvalue weighted by Crippen LogP contribution is -2.00. The first-order valence-electron chi connectivity index (χ1n) is 5.72. The molecule has 2 aromatic carbocycles. The summed E-state index contributed by atoms with van der Waals surface area (Å²) in [5, 5.41) is 0.739. The van der Waals surface area contributed by atoms with Gasteiger partial charge in [-0.25, -0.2) is 4.79 Å². The molecule has 0 fully saturated rings. The topological polar surface area (TPSA) is 26.3 Å². The molecule has 0 aromatic heterocycles. The number of rotatable bonds is 3. The molecule has 0 aliphatic carbocycles. The summed E-state index contributed by atoms with van der Waals surface area (Å²) in [5.41, 5.74) is 1.69. The average Bonchev–Trinajstić information content (AvgIpc) is 2.42. The first-order valence-corrected chi connectivity index (χ1v) is 6.92. The molecule has 0 bridgehead atoms. The minimum absolute atomic E-state index is 0.320. The highest BCUT2D eigenvalue weighted by Crippen LogP contribution is 2.31. The fraction of sp³-hybridized carbons (Fsp3) is 0.133. The van der Waals surface area contributed by atoms with Crippen molar-refractivity contribution in [1.29, 1.82) is 0 Å². The van der Waals surface area contributed by atoms with E-state index >= 15 is 0 Å². The van der Waals surface area contributed by atoms with Crippen molar-refractivity contribution in [2.45, 2.75) is 16.7 Å². The van der Waals surface area contributed by atoms with Crippen molar-refractivity contribution in [3.05, 3.63) is 58.6 Å². The Morgan fingerprint density at radius 3 is 2.42 bits per heavy atom. The van der Waals surface area contributed by atoms with Crippen molar-refractivity contribution in [2.75, 3.05) is 7.11 Å². The molecule has 0 heterocycles. The van der Waals surface area contributed by atoms with Gasteiger partial charge in [-0.2, -0.15) is 0 Å². The third kappa shape index (κ3) is 3.52. The van der Waals surface area contributed by atoms with Crippen LogP contribution in [-0.2, 0) is 4.74 Å². The number of ether oxygens (including phenoxy) is 1. The van der Waals surface area contributed by atoms with Gasteiger partial charge in [-0.05, 0) is 55.0 Å². The van der Waals surface area contributed by atoms with Crippen LogP contribution in [0.3, 0.4) is 0 Å². The third-order valence-electron chi connectivity index (χ3n) is 2.64. The number of hydrogen-bond donors (Lipinski definition) is 0. The van der Waals surface area contributed by atoms with Gasteiger partial charge in [-0.1, -0.05) is 23.4 Å². The second-order valence-corrected chi connectivity index (χ2v) is 5.58. The minimum Gasteiger partial charge on any atom is -0.465 e. The first kappa shape index (κ1) is 14.0. The monoisotopic (exact) mass is 292 g/mol. The molecule has 2 aromatic rings. The van der Waals surface area contributed by atoms with Crippen molar-refractivity contribution in [3.8, 4) is 0 Å². The van der Waals surface area contributed by atoms with Gasteiger partial charge in [-0.3, -0.25) is 0 Å². The SMILES string of the molecule is COC(=O)c1ccc(Sc2ccc(Cl)cc2C)cc1.